The molecule has 2 aliphatic rings. The first-order valence-corrected chi connectivity index (χ1v) is 8.39. The molecule has 0 unspecified atom stereocenters. The van der Waals surface area contributed by atoms with Gasteiger partial charge in [0, 0.05) is 11.3 Å². The third kappa shape index (κ3) is 2.09. The molecule has 0 bridgehead atoms. The van der Waals surface area contributed by atoms with Gasteiger partial charge in [0.25, 0.3) is 5.91 Å². The normalized spacial score (nSPS) is 17.8. The standard InChI is InChI=1S/C22H16N2O/c25-22-17-11-5-4-10-16(17)21-14-19(15-8-2-1-3-9-15)23-18-12-6-7-13-20(18)24(21)22/h1-14,21,23H/t21-/m1/s1. The minimum atomic E-state index is -0.102. The van der Waals surface area contributed by atoms with Crippen molar-refractivity contribution in [3.8, 4) is 0 Å². The van der Waals surface area contributed by atoms with E-state index in [9.17, 15) is 4.79 Å². The molecule has 3 nitrogen and oxygen atoms in total. The van der Waals surface area contributed by atoms with Gasteiger partial charge in [-0.05, 0) is 35.4 Å². The van der Waals surface area contributed by atoms with Crippen molar-refractivity contribution >= 4 is 23.0 Å². The molecule has 0 spiro atoms. The van der Waals surface area contributed by atoms with Crippen LogP contribution >= 0.6 is 0 Å². The van der Waals surface area contributed by atoms with E-state index in [1.165, 1.54) is 0 Å². The predicted octanol–water partition coefficient (Wildman–Crippen LogP) is 4.85. The van der Waals surface area contributed by atoms with Gasteiger partial charge < -0.3 is 5.32 Å². The van der Waals surface area contributed by atoms with E-state index in [1.54, 1.807) is 0 Å². The van der Waals surface area contributed by atoms with Gasteiger partial charge in [-0.15, -0.1) is 0 Å². The number of amides is 1. The van der Waals surface area contributed by atoms with E-state index < -0.39 is 0 Å². The van der Waals surface area contributed by atoms with E-state index in [1.807, 2.05) is 71.6 Å². The SMILES string of the molecule is O=C1c2ccccc2[C@H]2C=C(c3ccccc3)Nc3ccccc3N12. The highest BCUT2D eigenvalue weighted by molar-refractivity contribution is 6.14. The second kappa shape index (κ2) is 5.35. The van der Waals surface area contributed by atoms with Gasteiger partial charge in [0.15, 0.2) is 0 Å². The molecule has 0 saturated carbocycles. The summed E-state index contributed by atoms with van der Waals surface area (Å²) in [7, 11) is 0. The first kappa shape index (κ1) is 14.1. The zero-order valence-electron chi connectivity index (χ0n) is 13.5. The van der Waals surface area contributed by atoms with E-state index in [-0.39, 0.29) is 11.9 Å². The van der Waals surface area contributed by atoms with Crippen LogP contribution in [0.5, 0.6) is 0 Å². The lowest BCUT2D eigenvalue weighted by Gasteiger charge is -2.22. The molecular formula is C22H16N2O. The summed E-state index contributed by atoms with van der Waals surface area (Å²) in [6.07, 6.45) is 2.15. The van der Waals surface area contributed by atoms with Crippen molar-refractivity contribution in [2.45, 2.75) is 6.04 Å². The molecule has 1 N–H and O–H groups in total. The molecule has 1 amide bonds. The molecule has 3 aromatic carbocycles. The van der Waals surface area contributed by atoms with Crippen molar-refractivity contribution in [3.63, 3.8) is 0 Å². The largest absolute Gasteiger partial charge is 0.354 e. The molecule has 25 heavy (non-hydrogen) atoms. The zero-order valence-corrected chi connectivity index (χ0v) is 13.5. The topological polar surface area (TPSA) is 32.3 Å². The molecule has 0 radical (unpaired) electrons. The van der Waals surface area contributed by atoms with Crippen LogP contribution in [-0.4, -0.2) is 5.91 Å². The summed E-state index contributed by atoms with van der Waals surface area (Å²) >= 11 is 0. The average Bonchev–Trinajstić information content (AvgIpc) is 2.84. The molecule has 0 aromatic heterocycles. The Morgan fingerprint density at radius 3 is 2.40 bits per heavy atom. The minimum Gasteiger partial charge on any atom is -0.354 e. The van der Waals surface area contributed by atoms with Gasteiger partial charge in [0.2, 0.25) is 0 Å². The third-order valence-corrected chi connectivity index (χ3v) is 4.85. The van der Waals surface area contributed by atoms with Crippen LogP contribution in [0.1, 0.15) is 27.5 Å². The summed E-state index contributed by atoms with van der Waals surface area (Å²) in [6, 6.07) is 26.0. The van der Waals surface area contributed by atoms with Crippen molar-refractivity contribution in [2.75, 3.05) is 10.2 Å². The number of carbonyl (C=O) groups is 1. The van der Waals surface area contributed by atoms with Crippen LogP contribution in [0.15, 0.2) is 84.9 Å². The number of nitrogens with one attached hydrogen (secondary N) is 1. The van der Waals surface area contributed by atoms with Gasteiger partial charge in [0.1, 0.15) is 0 Å². The lowest BCUT2D eigenvalue weighted by atomic mass is 10.0. The monoisotopic (exact) mass is 324 g/mol. The number of nitrogens with zero attached hydrogens (tertiary/aromatic N) is 1. The van der Waals surface area contributed by atoms with E-state index >= 15 is 0 Å². The molecule has 3 heteroatoms. The lowest BCUT2D eigenvalue weighted by Crippen LogP contribution is -2.26. The van der Waals surface area contributed by atoms with Crippen molar-refractivity contribution < 1.29 is 4.79 Å². The smallest absolute Gasteiger partial charge is 0.259 e. The van der Waals surface area contributed by atoms with Gasteiger partial charge in [0.05, 0.1) is 17.4 Å². The number of fused-ring (bicyclic) bond motifs is 5. The zero-order chi connectivity index (χ0) is 16.8. The van der Waals surface area contributed by atoms with E-state index in [2.05, 4.69) is 23.5 Å². The van der Waals surface area contributed by atoms with Crippen molar-refractivity contribution in [3.05, 3.63) is 102 Å². The Morgan fingerprint density at radius 2 is 1.52 bits per heavy atom. The average molecular weight is 324 g/mol. The first-order chi connectivity index (χ1) is 12.3. The van der Waals surface area contributed by atoms with Crippen molar-refractivity contribution in [1.82, 2.24) is 0 Å². The van der Waals surface area contributed by atoms with Gasteiger partial charge >= 0.3 is 0 Å². The fourth-order valence-corrected chi connectivity index (χ4v) is 3.69. The van der Waals surface area contributed by atoms with Crippen LogP contribution in [0, 0.1) is 0 Å². The highest BCUT2D eigenvalue weighted by Gasteiger charge is 2.38. The van der Waals surface area contributed by atoms with Gasteiger partial charge in [-0.25, -0.2) is 0 Å². The lowest BCUT2D eigenvalue weighted by molar-refractivity contribution is 0.0994. The van der Waals surface area contributed by atoms with Crippen molar-refractivity contribution in [1.29, 1.82) is 0 Å². The van der Waals surface area contributed by atoms with Crippen LogP contribution in [0.4, 0.5) is 11.4 Å². The number of hydrogen-bond acceptors (Lipinski definition) is 2. The summed E-state index contributed by atoms with van der Waals surface area (Å²) < 4.78 is 0. The highest BCUT2D eigenvalue weighted by atomic mass is 16.2. The highest BCUT2D eigenvalue weighted by Crippen LogP contribution is 2.45. The molecule has 2 aliphatic heterocycles. The molecule has 0 fully saturated rings. The Balaban J connectivity index is 1.76. The van der Waals surface area contributed by atoms with Gasteiger partial charge in [-0.1, -0.05) is 60.7 Å². The summed E-state index contributed by atoms with van der Waals surface area (Å²) in [5.74, 6) is 0.0559. The van der Waals surface area contributed by atoms with Crippen LogP contribution in [0.25, 0.3) is 5.70 Å². The van der Waals surface area contributed by atoms with Crippen LogP contribution in [0.2, 0.25) is 0 Å². The van der Waals surface area contributed by atoms with E-state index in [0.717, 1.165) is 33.8 Å². The van der Waals surface area contributed by atoms with Crippen LogP contribution < -0.4 is 10.2 Å². The number of hydrogen-bond donors (Lipinski definition) is 1. The molecule has 2 heterocycles. The third-order valence-electron chi connectivity index (χ3n) is 4.85. The molecule has 0 saturated heterocycles. The number of rotatable bonds is 1. The maximum Gasteiger partial charge on any atom is 0.259 e. The van der Waals surface area contributed by atoms with E-state index in [0.29, 0.717) is 0 Å². The number of para-hydroxylation sites is 2. The fraction of sp³-hybridized carbons (Fsp3) is 0.0455. The summed E-state index contributed by atoms with van der Waals surface area (Å²) in [5.41, 5.74) is 5.82. The Labute approximate surface area is 146 Å². The van der Waals surface area contributed by atoms with Gasteiger partial charge in [-0.3, -0.25) is 9.69 Å². The number of anilines is 2. The second-order valence-corrected chi connectivity index (χ2v) is 6.30. The van der Waals surface area contributed by atoms with E-state index in [4.69, 9.17) is 0 Å². The summed E-state index contributed by atoms with van der Waals surface area (Å²) in [5, 5.41) is 3.52. The Hall–Kier alpha value is -3.33. The molecule has 5 rings (SSSR count). The van der Waals surface area contributed by atoms with Crippen molar-refractivity contribution in [2.24, 2.45) is 0 Å². The molecule has 120 valence electrons. The van der Waals surface area contributed by atoms with Gasteiger partial charge in [-0.2, -0.15) is 0 Å². The molecule has 0 aliphatic carbocycles. The Kier molecular flexibility index (Phi) is 3.01. The quantitative estimate of drug-likeness (QED) is 0.693. The fourth-order valence-electron chi connectivity index (χ4n) is 3.69. The minimum absolute atomic E-state index is 0.0559. The maximum atomic E-state index is 13.1. The first-order valence-electron chi connectivity index (χ1n) is 8.39. The number of benzene rings is 3. The maximum absolute atomic E-state index is 13.1. The predicted molar refractivity (Wildman–Crippen MR) is 100 cm³/mol. The molecule has 1 atom stereocenters. The Morgan fingerprint density at radius 1 is 0.800 bits per heavy atom. The number of carbonyl (C=O) groups excluding carboxylic acids is 1. The molecular weight excluding hydrogens is 308 g/mol. The summed E-state index contributed by atoms with van der Waals surface area (Å²) in [6.45, 7) is 0. The second-order valence-electron chi connectivity index (χ2n) is 6.30. The Bertz CT molecular complexity index is 1010. The summed E-state index contributed by atoms with van der Waals surface area (Å²) in [4.78, 5) is 15.0. The van der Waals surface area contributed by atoms with Crippen LogP contribution in [0.3, 0.4) is 0 Å². The van der Waals surface area contributed by atoms with Crippen LogP contribution in [-0.2, 0) is 0 Å². The molecule has 3 aromatic rings.